The first-order chi connectivity index (χ1) is 7.79. The number of ether oxygens (including phenoxy) is 1. The van der Waals surface area contributed by atoms with Gasteiger partial charge in [0.25, 0.3) is 0 Å². The van der Waals surface area contributed by atoms with Gasteiger partial charge in [0, 0.05) is 12.5 Å². The monoisotopic (exact) mass is 271 g/mol. The lowest BCUT2D eigenvalue weighted by molar-refractivity contribution is -0.136. The summed E-state index contributed by atoms with van der Waals surface area (Å²) in [4.78, 5) is 0. The second-order valence-corrected chi connectivity index (χ2v) is 3.78. The second kappa shape index (κ2) is 5.44. The van der Waals surface area contributed by atoms with E-state index in [-0.39, 0.29) is 29.5 Å². The summed E-state index contributed by atoms with van der Waals surface area (Å²) in [5.74, 6) is -0.735. The Morgan fingerprint density at radius 3 is 2.53 bits per heavy atom. The maximum atomic E-state index is 13.0. The Kier molecular flexibility index (Phi) is 4.45. The fraction of sp³-hybridized carbons (Fsp3) is 0.400. The van der Waals surface area contributed by atoms with Crippen molar-refractivity contribution in [1.29, 1.82) is 0 Å². The van der Waals surface area contributed by atoms with Crippen LogP contribution >= 0.6 is 11.6 Å². The Hall–Kier alpha value is -1.17. The van der Waals surface area contributed by atoms with Crippen LogP contribution in [0.15, 0.2) is 12.1 Å². The molecular formula is C10H10ClF4NO. The van der Waals surface area contributed by atoms with E-state index in [2.05, 4.69) is 0 Å². The van der Waals surface area contributed by atoms with Gasteiger partial charge in [0.15, 0.2) is 0 Å². The molecule has 0 aliphatic rings. The number of hydrogen-bond acceptors (Lipinski definition) is 2. The summed E-state index contributed by atoms with van der Waals surface area (Å²) in [6.45, 7) is -0.190. The predicted molar refractivity (Wildman–Crippen MR) is 56.6 cm³/mol. The minimum Gasteiger partial charge on any atom is -0.491 e. The summed E-state index contributed by atoms with van der Waals surface area (Å²) in [6.07, 6.45) is -5.39. The van der Waals surface area contributed by atoms with Crippen LogP contribution in [0.3, 0.4) is 0 Å². The molecule has 0 fully saturated rings. The smallest absolute Gasteiger partial charge is 0.389 e. The number of hydrogen-bond donors (Lipinski definition) is 1. The van der Waals surface area contributed by atoms with E-state index in [1.807, 2.05) is 0 Å². The van der Waals surface area contributed by atoms with Crippen molar-refractivity contribution in [2.45, 2.75) is 19.0 Å². The lowest BCUT2D eigenvalue weighted by atomic mass is 10.3. The molecule has 2 nitrogen and oxygen atoms in total. The molecule has 7 heteroatoms. The Bertz CT molecular complexity index is 395. The molecule has 0 aromatic heterocycles. The highest BCUT2D eigenvalue weighted by Crippen LogP contribution is 2.28. The molecule has 0 atom stereocenters. The van der Waals surface area contributed by atoms with Gasteiger partial charge in [-0.15, -0.1) is 0 Å². The third-order valence-electron chi connectivity index (χ3n) is 1.91. The fourth-order valence-corrected chi connectivity index (χ4v) is 1.30. The SMILES string of the molecule is Nc1cc(Cl)c(F)cc1OCCCC(F)(F)F. The van der Waals surface area contributed by atoms with Crippen LogP contribution in [0.1, 0.15) is 12.8 Å². The lowest BCUT2D eigenvalue weighted by Gasteiger charge is -2.10. The van der Waals surface area contributed by atoms with E-state index in [0.717, 1.165) is 12.1 Å². The molecule has 1 aromatic rings. The Labute approximate surface area is 100 Å². The number of nitrogens with two attached hydrogens (primary N) is 1. The number of nitrogen functional groups attached to an aromatic ring is 1. The van der Waals surface area contributed by atoms with E-state index in [9.17, 15) is 17.6 Å². The molecule has 0 saturated heterocycles. The normalized spacial score (nSPS) is 11.6. The van der Waals surface area contributed by atoms with Crippen LogP contribution in [0, 0.1) is 5.82 Å². The average Bonchev–Trinajstić information content (AvgIpc) is 2.18. The van der Waals surface area contributed by atoms with Gasteiger partial charge in [-0.2, -0.15) is 13.2 Å². The molecule has 2 N–H and O–H groups in total. The van der Waals surface area contributed by atoms with Gasteiger partial charge < -0.3 is 10.5 Å². The predicted octanol–water partition coefficient (Wildman–Crippen LogP) is 3.78. The number of rotatable bonds is 4. The summed E-state index contributed by atoms with van der Waals surface area (Å²) >= 11 is 5.45. The van der Waals surface area contributed by atoms with Gasteiger partial charge in [0.05, 0.1) is 17.3 Å². The summed E-state index contributed by atoms with van der Waals surface area (Å²) < 4.78 is 53.4. The maximum Gasteiger partial charge on any atom is 0.389 e. The number of benzene rings is 1. The molecule has 0 radical (unpaired) electrons. The summed E-state index contributed by atoms with van der Waals surface area (Å²) in [7, 11) is 0. The van der Waals surface area contributed by atoms with Crippen molar-refractivity contribution in [2.75, 3.05) is 12.3 Å². The molecule has 1 aromatic carbocycles. The molecule has 0 bridgehead atoms. The van der Waals surface area contributed by atoms with Crippen molar-refractivity contribution in [3.05, 3.63) is 23.0 Å². The number of halogens is 5. The zero-order valence-electron chi connectivity index (χ0n) is 8.65. The summed E-state index contributed by atoms with van der Waals surface area (Å²) in [5, 5.41) is -0.162. The third kappa shape index (κ3) is 4.68. The maximum absolute atomic E-state index is 13.0. The molecule has 0 aliphatic heterocycles. The highest BCUT2D eigenvalue weighted by atomic mass is 35.5. The van der Waals surface area contributed by atoms with Crippen molar-refractivity contribution >= 4 is 17.3 Å². The largest absolute Gasteiger partial charge is 0.491 e. The van der Waals surface area contributed by atoms with E-state index in [4.69, 9.17) is 22.1 Å². The minimum atomic E-state index is -4.22. The van der Waals surface area contributed by atoms with Crippen LogP contribution in [0.2, 0.25) is 5.02 Å². The van der Waals surface area contributed by atoms with Gasteiger partial charge in [-0.25, -0.2) is 4.39 Å². The van der Waals surface area contributed by atoms with Gasteiger partial charge in [-0.1, -0.05) is 11.6 Å². The molecular weight excluding hydrogens is 262 g/mol. The Morgan fingerprint density at radius 2 is 1.94 bits per heavy atom. The molecule has 0 saturated carbocycles. The number of anilines is 1. The van der Waals surface area contributed by atoms with Crippen molar-refractivity contribution in [3.63, 3.8) is 0 Å². The Morgan fingerprint density at radius 1 is 1.29 bits per heavy atom. The van der Waals surface area contributed by atoms with Gasteiger partial charge in [0.2, 0.25) is 0 Å². The minimum absolute atomic E-state index is 0.00549. The summed E-state index contributed by atoms with van der Waals surface area (Å²) in [6, 6.07) is 2.10. The average molecular weight is 272 g/mol. The highest BCUT2D eigenvalue weighted by molar-refractivity contribution is 6.31. The highest BCUT2D eigenvalue weighted by Gasteiger charge is 2.26. The van der Waals surface area contributed by atoms with Crippen LogP contribution in [0.25, 0.3) is 0 Å². The van der Waals surface area contributed by atoms with Gasteiger partial charge in [0.1, 0.15) is 11.6 Å². The van der Waals surface area contributed by atoms with Crippen LogP contribution in [0.4, 0.5) is 23.2 Å². The third-order valence-corrected chi connectivity index (χ3v) is 2.20. The van der Waals surface area contributed by atoms with E-state index in [1.54, 1.807) is 0 Å². The first-order valence-electron chi connectivity index (χ1n) is 4.73. The second-order valence-electron chi connectivity index (χ2n) is 3.37. The molecule has 17 heavy (non-hydrogen) atoms. The van der Waals surface area contributed by atoms with Crippen LogP contribution < -0.4 is 10.5 Å². The van der Waals surface area contributed by atoms with Crippen molar-refractivity contribution in [2.24, 2.45) is 0 Å². The van der Waals surface area contributed by atoms with Gasteiger partial charge in [-0.3, -0.25) is 0 Å². The molecule has 0 unspecified atom stereocenters. The van der Waals surface area contributed by atoms with E-state index < -0.39 is 18.4 Å². The zero-order valence-corrected chi connectivity index (χ0v) is 9.41. The number of alkyl halides is 3. The quantitative estimate of drug-likeness (QED) is 0.514. The fourth-order valence-electron chi connectivity index (χ4n) is 1.12. The van der Waals surface area contributed by atoms with Crippen LogP contribution in [0.5, 0.6) is 5.75 Å². The van der Waals surface area contributed by atoms with Crippen LogP contribution in [-0.2, 0) is 0 Å². The molecule has 0 amide bonds. The topological polar surface area (TPSA) is 35.2 Å². The molecule has 0 heterocycles. The van der Waals surface area contributed by atoms with Crippen molar-refractivity contribution in [3.8, 4) is 5.75 Å². The van der Waals surface area contributed by atoms with E-state index >= 15 is 0 Å². The lowest BCUT2D eigenvalue weighted by Crippen LogP contribution is -2.10. The first kappa shape index (κ1) is 13.9. The van der Waals surface area contributed by atoms with Gasteiger partial charge >= 0.3 is 6.18 Å². The zero-order chi connectivity index (χ0) is 13.1. The molecule has 1 rings (SSSR count). The molecule has 0 spiro atoms. The van der Waals surface area contributed by atoms with E-state index in [0.29, 0.717) is 0 Å². The summed E-state index contributed by atoms with van der Waals surface area (Å²) in [5.41, 5.74) is 5.55. The van der Waals surface area contributed by atoms with Crippen molar-refractivity contribution in [1.82, 2.24) is 0 Å². The van der Waals surface area contributed by atoms with Crippen molar-refractivity contribution < 1.29 is 22.3 Å². The standard InChI is InChI=1S/C10H10ClF4NO/c11-6-4-8(16)9(5-7(6)12)17-3-1-2-10(13,14)15/h4-5H,1-3,16H2. The molecule has 0 aliphatic carbocycles. The molecule has 96 valence electrons. The Balaban J connectivity index is 2.50. The van der Waals surface area contributed by atoms with E-state index in [1.165, 1.54) is 0 Å². The van der Waals surface area contributed by atoms with Gasteiger partial charge in [-0.05, 0) is 12.5 Å². The first-order valence-corrected chi connectivity index (χ1v) is 5.11. The van der Waals surface area contributed by atoms with Crippen LogP contribution in [-0.4, -0.2) is 12.8 Å².